The molecule has 0 saturated carbocycles. The smallest absolute Gasteiger partial charge is 0.268 e. The van der Waals surface area contributed by atoms with Crippen LogP contribution in [0.2, 0.25) is 0 Å². The predicted octanol–water partition coefficient (Wildman–Crippen LogP) is 2.03. The Labute approximate surface area is 155 Å². The molecule has 0 amide bonds. The van der Waals surface area contributed by atoms with Gasteiger partial charge in [-0.3, -0.25) is 4.79 Å². The van der Waals surface area contributed by atoms with E-state index in [1.165, 1.54) is 0 Å². The van der Waals surface area contributed by atoms with Crippen LogP contribution in [0.4, 0.5) is 5.82 Å². The van der Waals surface area contributed by atoms with Crippen molar-refractivity contribution in [3.63, 3.8) is 0 Å². The molecule has 134 valence electrons. The highest BCUT2D eigenvalue weighted by Crippen LogP contribution is 2.35. The number of nitrogens with zero attached hydrogens (tertiary/aromatic N) is 4. The van der Waals surface area contributed by atoms with Gasteiger partial charge in [0, 0.05) is 30.1 Å². The van der Waals surface area contributed by atoms with E-state index in [0.717, 1.165) is 13.0 Å². The van der Waals surface area contributed by atoms with Gasteiger partial charge in [-0.2, -0.15) is 10.5 Å². The number of H-pyrrole nitrogens is 1. The van der Waals surface area contributed by atoms with Crippen LogP contribution in [-0.4, -0.2) is 21.1 Å². The molecule has 0 unspecified atom stereocenters. The van der Waals surface area contributed by atoms with Crippen molar-refractivity contribution in [3.05, 3.63) is 64.5 Å². The van der Waals surface area contributed by atoms with E-state index in [2.05, 4.69) is 9.97 Å². The molecule has 0 radical (unpaired) electrons. The second-order valence-corrected chi connectivity index (χ2v) is 5.72. The molecule has 27 heavy (non-hydrogen) atoms. The van der Waals surface area contributed by atoms with Crippen molar-refractivity contribution in [2.75, 3.05) is 12.3 Å². The number of ether oxygens (including phenoxy) is 1. The van der Waals surface area contributed by atoms with Crippen molar-refractivity contribution in [1.29, 1.82) is 10.5 Å². The molecule has 8 heteroatoms. The number of aromatic nitrogens is 3. The Morgan fingerprint density at radius 2 is 2.00 bits per heavy atom. The second-order valence-electron chi connectivity index (χ2n) is 5.72. The molecule has 8 nitrogen and oxygen atoms in total. The normalized spacial score (nSPS) is 10.1. The molecule has 0 aliphatic heterocycles. The molecular formula is C19H16N6O2. The first-order valence-electron chi connectivity index (χ1n) is 8.19. The van der Waals surface area contributed by atoms with E-state index in [-0.39, 0.29) is 22.5 Å². The van der Waals surface area contributed by atoms with E-state index in [1.807, 2.05) is 22.9 Å². The van der Waals surface area contributed by atoms with Crippen LogP contribution in [0.15, 0.2) is 47.8 Å². The van der Waals surface area contributed by atoms with E-state index in [0.29, 0.717) is 17.9 Å². The maximum atomic E-state index is 12.1. The van der Waals surface area contributed by atoms with Crippen LogP contribution >= 0.6 is 0 Å². The molecule has 3 N–H and O–H groups in total. The maximum absolute atomic E-state index is 12.1. The van der Waals surface area contributed by atoms with Gasteiger partial charge in [0.05, 0.1) is 12.9 Å². The Kier molecular flexibility index (Phi) is 5.20. The number of hydrogen-bond acceptors (Lipinski definition) is 6. The summed E-state index contributed by atoms with van der Waals surface area (Å²) in [5.74, 6) is 0.396. The molecule has 0 spiro atoms. The highest BCUT2D eigenvalue weighted by Gasteiger charge is 2.20. The number of aromatic amines is 1. The molecule has 3 aromatic rings. The van der Waals surface area contributed by atoms with Gasteiger partial charge in [-0.15, -0.1) is 0 Å². The topological polar surface area (TPSA) is 134 Å². The van der Waals surface area contributed by atoms with Gasteiger partial charge in [-0.1, -0.05) is 18.2 Å². The molecule has 0 aliphatic rings. The zero-order valence-corrected chi connectivity index (χ0v) is 14.3. The first kappa shape index (κ1) is 17.8. The van der Waals surface area contributed by atoms with Crippen molar-refractivity contribution in [3.8, 4) is 29.0 Å². The van der Waals surface area contributed by atoms with Crippen molar-refractivity contribution in [2.24, 2.45) is 0 Å². The van der Waals surface area contributed by atoms with E-state index in [1.54, 1.807) is 36.8 Å². The number of hydrogen-bond donors (Lipinski definition) is 2. The Bertz CT molecular complexity index is 1090. The third kappa shape index (κ3) is 3.65. The summed E-state index contributed by atoms with van der Waals surface area (Å²) in [6.45, 7) is 1.16. The number of nitrogen functional groups attached to an aromatic ring is 1. The van der Waals surface area contributed by atoms with Crippen molar-refractivity contribution in [2.45, 2.75) is 13.0 Å². The molecule has 0 aliphatic carbocycles. The Morgan fingerprint density at radius 3 is 2.70 bits per heavy atom. The van der Waals surface area contributed by atoms with Crippen molar-refractivity contribution >= 4 is 5.82 Å². The van der Waals surface area contributed by atoms with Gasteiger partial charge in [0.1, 0.15) is 34.8 Å². The number of nitriles is 2. The van der Waals surface area contributed by atoms with Crippen LogP contribution in [-0.2, 0) is 6.54 Å². The summed E-state index contributed by atoms with van der Waals surface area (Å²) in [5.41, 5.74) is 5.68. The number of anilines is 1. The van der Waals surface area contributed by atoms with Crippen LogP contribution < -0.4 is 16.0 Å². The number of para-hydroxylation sites is 1. The number of nitrogens with one attached hydrogen (secondary N) is 1. The monoisotopic (exact) mass is 360 g/mol. The number of aryl methyl sites for hydroxylation is 1. The molecular weight excluding hydrogens is 344 g/mol. The van der Waals surface area contributed by atoms with E-state index in [9.17, 15) is 15.3 Å². The number of imidazole rings is 1. The average Bonchev–Trinajstić information content (AvgIpc) is 3.18. The maximum Gasteiger partial charge on any atom is 0.268 e. The fourth-order valence-corrected chi connectivity index (χ4v) is 2.76. The summed E-state index contributed by atoms with van der Waals surface area (Å²) in [4.78, 5) is 18.4. The lowest BCUT2D eigenvalue weighted by Crippen LogP contribution is -2.16. The Balaban J connectivity index is 1.94. The van der Waals surface area contributed by atoms with Gasteiger partial charge in [-0.05, 0) is 12.5 Å². The third-order valence-corrected chi connectivity index (χ3v) is 4.00. The number of benzene rings is 1. The van der Waals surface area contributed by atoms with E-state index >= 15 is 0 Å². The van der Waals surface area contributed by atoms with Gasteiger partial charge >= 0.3 is 0 Å². The van der Waals surface area contributed by atoms with Crippen LogP contribution in [0.3, 0.4) is 0 Å². The van der Waals surface area contributed by atoms with Crippen LogP contribution in [0, 0.1) is 22.7 Å². The quantitative estimate of drug-likeness (QED) is 0.646. The standard InChI is InChI=1S/C19H16N6O2/c20-10-14-17(15(11-21)19(26)24-18(14)22)13-4-1-2-5-16(13)27-9-3-7-25-8-6-23-12-25/h1-2,4-6,8,12H,3,7,9H2,(H3,22,24,26). The minimum absolute atomic E-state index is 0.0422. The molecule has 1 aromatic carbocycles. The van der Waals surface area contributed by atoms with Crippen LogP contribution in [0.25, 0.3) is 11.1 Å². The van der Waals surface area contributed by atoms with Crippen molar-refractivity contribution in [1.82, 2.24) is 14.5 Å². The fourth-order valence-electron chi connectivity index (χ4n) is 2.76. The van der Waals surface area contributed by atoms with Gasteiger partial charge in [0.2, 0.25) is 0 Å². The minimum atomic E-state index is -0.640. The highest BCUT2D eigenvalue weighted by molar-refractivity contribution is 5.83. The minimum Gasteiger partial charge on any atom is -0.493 e. The zero-order chi connectivity index (χ0) is 19.2. The summed E-state index contributed by atoms with van der Waals surface area (Å²) in [6.07, 6.45) is 6.04. The number of pyridine rings is 1. The summed E-state index contributed by atoms with van der Waals surface area (Å²) in [6, 6.07) is 10.8. The molecule has 0 bridgehead atoms. The Hall–Kier alpha value is -4.04. The summed E-state index contributed by atoms with van der Waals surface area (Å²) >= 11 is 0. The van der Waals surface area contributed by atoms with E-state index < -0.39 is 5.56 Å². The van der Waals surface area contributed by atoms with Gasteiger partial charge < -0.3 is 20.0 Å². The van der Waals surface area contributed by atoms with Crippen molar-refractivity contribution < 1.29 is 4.74 Å². The lowest BCUT2D eigenvalue weighted by atomic mass is 9.96. The molecule has 0 fully saturated rings. The lowest BCUT2D eigenvalue weighted by molar-refractivity contribution is 0.303. The predicted molar refractivity (Wildman–Crippen MR) is 98.7 cm³/mol. The SMILES string of the molecule is N#Cc1c(N)[nH]c(=O)c(C#N)c1-c1ccccc1OCCCn1ccnc1. The van der Waals surface area contributed by atoms with Gasteiger partial charge in [0.25, 0.3) is 5.56 Å². The van der Waals surface area contributed by atoms with Gasteiger partial charge in [-0.25, -0.2) is 4.98 Å². The Morgan fingerprint density at radius 1 is 1.22 bits per heavy atom. The number of rotatable bonds is 6. The molecule has 0 atom stereocenters. The van der Waals surface area contributed by atoms with Crippen LogP contribution in [0.5, 0.6) is 5.75 Å². The summed E-state index contributed by atoms with van der Waals surface area (Å²) < 4.78 is 7.80. The lowest BCUT2D eigenvalue weighted by Gasteiger charge is -2.14. The second kappa shape index (κ2) is 7.89. The average molecular weight is 360 g/mol. The molecule has 2 heterocycles. The van der Waals surface area contributed by atoms with E-state index in [4.69, 9.17) is 10.5 Å². The van der Waals surface area contributed by atoms with Crippen LogP contribution in [0.1, 0.15) is 17.5 Å². The highest BCUT2D eigenvalue weighted by atomic mass is 16.5. The molecule has 2 aromatic heterocycles. The fraction of sp³-hybridized carbons (Fsp3) is 0.158. The molecule has 0 saturated heterocycles. The summed E-state index contributed by atoms with van der Waals surface area (Å²) in [7, 11) is 0. The third-order valence-electron chi connectivity index (χ3n) is 4.00. The first-order valence-corrected chi connectivity index (χ1v) is 8.19. The number of nitrogens with two attached hydrogens (primary N) is 1. The largest absolute Gasteiger partial charge is 0.493 e. The summed E-state index contributed by atoms with van der Waals surface area (Å²) in [5, 5.41) is 18.9. The zero-order valence-electron chi connectivity index (χ0n) is 14.3. The molecule has 3 rings (SSSR count). The first-order chi connectivity index (χ1) is 13.2. The van der Waals surface area contributed by atoms with Gasteiger partial charge in [0.15, 0.2) is 0 Å².